The summed E-state index contributed by atoms with van der Waals surface area (Å²) in [5.74, 6) is 1.09. The van der Waals surface area contributed by atoms with E-state index in [0.29, 0.717) is 0 Å². The summed E-state index contributed by atoms with van der Waals surface area (Å²) in [5, 5.41) is 3.39. The molecule has 3 heteroatoms. The van der Waals surface area contributed by atoms with E-state index in [9.17, 15) is 0 Å². The molecule has 0 radical (unpaired) electrons. The van der Waals surface area contributed by atoms with Crippen molar-refractivity contribution in [1.82, 2.24) is 5.32 Å². The van der Waals surface area contributed by atoms with E-state index in [1.807, 2.05) is 0 Å². The molecule has 1 aliphatic rings. The highest BCUT2D eigenvalue weighted by atomic mass is 32.1. The number of thiol groups is 1. The molecular formula is C5H10N2S. The van der Waals surface area contributed by atoms with Crippen LogP contribution in [0, 0.1) is 0 Å². The fourth-order valence-electron chi connectivity index (χ4n) is 0.694. The van der Waals surface area contributed by atoms with Gasteiger partial charge in [0.2, 0.25) is 0 Å². The van der Waals surface area contributed by atoms with Gasteiger partial charge in [-0.25, -0.2) is 0 Å². The van der Waals surface area contributed by atoms with Gasteiger partial charge in [-0.2, -0.15) is 12.6 Å². The average Bonchev–Trinajstić information content (AvgIpc) is 2.14. The van der Waals surface area contributed by atoms with Crippen molar-refractivity contribution in [1.29, 1.82) is 0 Å². The summed E-state index contributed by atoms with van der Waals surface area (Å²) in [6.45, 7) is 2.91. The van der Waals surface area contributed by atoms with Crippen LogP contribution in [0.3, 0.4) is 0 Å². The number of hydrogen-bond acceptors (Lipinski definition) is 3. The van der Waals surface area contributed by atoms with E-state index in [1.54, 1.807) is 0 Å². The lowest BCUT2D eigenvalue weighted by atomic mass is 10.4. The number of hydrogen-bond donors (Lipinski definition) is 2. The molecular weight excluding hydrogens is 120 g/mol. The Morgan fingerprint density at radius 2 is 2.75 bits per heavy atom. The van der Waals surface area contributed by atoms with Crippen molar-refractivity contribution < 1.29 is 0 Å². The van der Waals surface area contributed by atoms with E-state index in [0.717, 1.165) is 18.8 Å². The van der Waals surface area contributed by atoms with E-state index in [2.05, 4.69) is 29.9 Å². The highest BCUT2D eigenvalue weighted by Gasteiger charge is 2.09. The Hall–Kier alpha value is -0.180. The Bertz CT molecular complexity index is 111. The molecule has 1 heterocycles. The average molecular weight is 130 g/mol. The summed E-state index contributed by atoms with van der Waals surface area (Å²) < 4.78 is 0. The minimum atomic E-state index is 0.268. The fourth-order valence-corrected chi connectivity index (χ4v) is 0.925. The zero-order chi connectivity index (χ0) is 5.98. The molecule has 0 bridgehead atoms. The molecule has 0 spiro atoms. The largest absolute Gasteiger partial charge is 0.361 e. The summed E-state index contributed by atoms with van der Waals surface area (Å²) in [6, 6.07) is 0. The van der Waals surface area contributed by atoms with Crippen LogP contribution in [-0.2, 0) is 0 Å². The maximum Gasteiger partial charge on any atom is 0.0970 e. The molecule has 8 heavy (non-hydrogen) atoms. The molecule has 0 aromatic carbocycles. The van der Waals surface area contributed by atoms with Crippen LogP contribution in [0.2, 0.25) is 0 Å². The molecule has 46 valence electrons. The van der Waals surface area contributed by atoms with Gasteiger partial charge in [0.05, 0.1) is 17.8 Å². The SMILES string of the molecule is CCC1=NCC(S)N1. The fraction of sp³-hybridized carbons (Fsp3) is 0.800. The lowest BCUT2D eigenvalue weighted by Gasteiger charge is -2.00. The molecule has 0 saturated carbocycles. The van der Waals surface area contributed by atoms with Crippen molar-refractivity contribution in [2.45, 2.75) is 18.7 Å². The van der Waals surface area contributed by atoms with Crippen LogP contribution in [0.5, 0.6) is 0 Å². The molecule has 1 unspecified atom stereocenters. The van der Waals surface area contributed by atoms with Crippen LogP contribution < -0.4 is 5.32 Å². The molecule has 0 amide bonds. The number of amidine groups is 1. The van der Waals surface area contributed by atoms with E-state index in [-0.39, 0.29) is 5.37 Å². The zero-order valence-electron chi connectivity index (χ0n) is 4.89. The van der Waals surface area contributed by atoms with Gasteiger partial charge in [-0.3, -0.25) is 4.99 Å². The molecule has 1 rings (SSSR count). The third-order valence-corrected chi connectivity index (χ3v) is 1.42. The normalized spacial score (nSPS) is 27.2. The Labute approximate surface area is 54.8 Å². The van der Waals surface area contributed by atoms with E-state index >= 15 is 0 Å². The molecule has 1 atom stereocenters. The Kier molecular flexibility index (Phi) is 1.78. The summed E-state index contributed by atoms with van der Waals surface area (Å²) >= 11 is 4.18. The first-order valence-electron chi connectivity index (χ1n) is 2.81. The molecule has 0 aliphatic carbocycles. The Morgan fingerprint density at radius 1 is 2.00 bits per heavy atom. The summed E-state index contributed by atoms with van der Waals surface area (Å²) in [6.07, 6.45) is 0.997. The van der Waals surface area contributed by atoms with Crippen molar-refractivity contribution in [3.8, 4) is 0 Å². The van der Waals surface area contributed by atoms with Crippen molar-refractivity contribution in [2.24, 2.45) is 4.99 Å². The first-order chi connectivity index (χ1) is 3.83. The second kappa shape index (κ2) is 2.40. The lowest BCUT2D eigenvalue weighted by Crippen LogP contribution is -2.24. The van der Waals surface area contributed by atoms with Gasteiger partial charge in [-0.1, -0.05) is 6.92 Å². The van der Waals surface area contributed by atoms with E-state index in [1.165, 1.54) is 0 Å². The topological polar surface area (TPSA) is 24.4 Å². The summed E-state index contributed by atoms with van der Waals surface area (Å²) in [4.78, 5) is 4.16. The summed E-state index contributed by atoms with van der Waals surface area (Å²) in [7, 11) is 0. The van der Waals surface area contributed by atoms with Crippen molar-refractivity contribution >= 4 is 18.5 Å². The number of aliphatic imine (C=N–C) groups is 1. The van der Waals surface area contributed by atoms with Gasteiger partial charge in [0.15, 0.2) is 0 Å². The van der Waals surface area contributed by atoms with Gasteiger partial charge >= 0.3 is 0 Å². The third-order valence-electron chi connectivity index (χ3n) is 1.12. The first kappa shape index (κ1) is 5.95. The molecule has 0 saturated heterocycles. The van der Waals surface area contributed by atoms with Crippen LogP contribution in [0.4, 0.5) is 0 Å². The number of nitrogens with one attached hydrogen (secondary N) is 1. The van der Waals surface area contributed by atoms with Crippen molar-refractivity contribution in [3.63, 3.8) is 0 Å². The monoisotopic (exact) mass is 130 g/mol. The van der Waals surface area contributed by atoms with Crippen LogP contribution >= 0.6 is 12.6 Å². The van der Waals surface area contributed by atoms with Gasteiger partial charge in [0.1, 0.15) is 0 Å². The molecule has 0 aromatic rings. The highest BCUT2D eigenvalue weighted by Crippen LogP contribution is 2.00. The Balaban J connectivity index is 2.37. The Morgan fingerprint density at radius 3 is 3.00 bits per heavy atom. The van der Waals surface area contributed by atoms with Gasteiger partial charge < -0.3 is 5.32 Å². The maximum atomic E-state index is 4.18. The standard InChI is InChI=1S/C5H10N2S/c1-2-4-6-3-5(8)7-4/h5,8H,2-3H2,1H3,(H,6,7). The number of rotatable bonds is 1. The van der Waals surface area contributed by atoms with Crippen molar-refractivity contribution in [3.05, 3.63) is 0 Å². The molecule has 1 aliphatic heterocycles. The summed E-state index contributed by atoms with van der Waals surface area (Å²) in [5.41, 5.74) is 0. The van der Waals surface area contributed by atoms with Crippen LogP contribution in [0.25, 0.3) is 0 Å². The van der Waals surface area contributed by atoms with Crippen LogP contribution in [0.1, 0.15) is 13.3 Å². The second-order valence-electron chi connectivity index (χ2n) is 1.80. The predicted octanol–water partition coefficient (Wildman–Crippen LogP) is 0.654. The quantitative estimate of drug-likeness (QED) is 0.500. The predicted molar refractivity (Wildman–Crippen MR) is 38.5 cm³/mol. The first-order valence-corrected chi connectivity index (χ1v) is 3.32. The van der Waals surface area contributed by atoms with Gasteiger partial charge in [-0.15, -0.1) is 0 Å². The molecule has 0 aromatic heterocycles. The minimum absolute atomic E-state index is 0.268. The molecule has 1 N–H and O–H groups in total. The van der Waals surface area contributed by atoms with Gasteiger partial charge in [0, 0.05) is 6.42 Å². The second-order valence-corrected chi connectivity index (χ2v) is 2.42. The van der Waals surface area contributed by atoms with Gasteiger partial charge in [0.25, 0.3) is 0 Å². The highest BCUT2D eigenvalue weighted by molar-refractivity contribution is 7.81. The van der Waals surface area contributed by atoms with Crippen molar-refractivity contribution in [2.75, 3.05) is 6.54 Å². The zero-order valence-corrected chi connectivity index (χ0v) is 5.78. The molecule has 2 nitrogen and oxygen atoms in total. The number of nitrogens with zero attached hydrogens (tertiary/aromatic N) is 1. The van der Waals surface area contributed by atoms with E-state index < -0.39 is 0 Å². The van der Waals surface area contributed by atoms with Crippen LogP contribution in [-0.4, -0.2) is 17.8 Å². The van der Waals surface area contributed by atoms with Gasteiger partial charge in [-0.05, 0) is 0 Å². The van der Waals surface area contributed by atoms with Crippen LogP contribution in [0.15, 0.2) is 4.99 Å². The molecule has 0 fully saturated rings. The maximum absolute atomic E-state index is 4.18. The smallest absolute Gasteiger partial charge is 0.0970 e. The minimum Gasteiger partial charge on any atom is -0.361 e. The van der Waals surface area contributed by atoms with E-state index in [4.69, 9.17) is 0 Å². The third kappa shape index (κ3) is 1.15. The lowest BCUT2D eigenvalue weighted by molar-refractivity contribution is 0.891.